The van der Waals surface area contributed by atoms with E-state index in [4.69, 9.17) is 4.74 Å². The molecular formula is C17H17BrN2O6S2. The highest BCUT2D eigenvalue weighted by molar-refractivity contribution is 9.10. The number of carbonyl (C=O) groups excluding carboxylic acids is 1. The average molecular weight is 489 g/mol. The van der Waals surface area contributed by atoms with Gasteiger partial charge in [0.2, 0.25) is 15.9 Å². The molecule has 3 rings (SSSR count). The number of carbonyl (C=O) groups is 1. The lowest BCUT2D eigenvalue weighted by Gasteiger charge is -2.18. The summed E-state index contributed by atoms with van der Waals surface area (Å²) in [5, 5.41) is 0. The number of nitrogens with one attached hydrogen (secondary N) is 1. The monoisotopic (exact) mass is 488 g/mol. The second kappa shape index (κ2) is 7.37. The second-order valence-corrected chi connectivity index (χ2v) is 10.7. The first-order valence-corrected chi connectivity index (χ1v) is 12.0. The molecule has 0 saturated carbocycles. The van der Waals surface area contributed by atoms with Crippen molar-refractivity contribution in [2.24, 2.45) is 5.92 Å². The highest BCUT2D eigenvalue weighted by Gasteiger charge is 2.42. The van der Waals surface area contributed by atoms with E-state index in [9.17, 15) is 21.6 Å². The Morgan fingerprint density at radius 3 is 2.36 bits per heavy atom. The van der Waals surface area contributed by atoms with Gasteiger partial charge in [0.15, 0.2) is 0 Å². The van der Waals surface area contributed by atoms with Gasteiger partial charge >= 0.3 is 0 Å². The van der Waals surface area contributed by atoms with E-state index in [1.165, 1.54) is 26.2 Å². The van der Waals surface area contributed by atoms with Crippen molar-refractivity contribution >= 4 is 53.3 Å². The predicted octanol–water partition coefficient (Wildman–Crippen LogP) is 2.57. The van der Waals surface area contributed by atoms with Crippen molar-refractivity contribution in [2.45, 2.75) is 11.8 Å². The first-order valence-electron chi connectivity index (χ1n) is 8.08. The highest BCUT2D eigenvalue weighted by atomic mass is 79.9. The molecule has 1 aliphatic heterocycles. The standard InChI is InChI=1S/C17H17BrN2O6S2/c1-11-10-27(22,23)20(17(11)21)14-7-8-15(26-2)16(9-14)28(24,25)19-13-5-3-12(18)4-6-13/h3-9,11,19H,10H2,1-2H3. The zero-order valence-electron chi connectivity index (χ0n) is 14.9. The van der Waals surface area contributed by atoms with Gasteiger partial charge in [-0.25, -0.2) is 21.1 Å². The smallest absolute Gasteiger partial charge is 0.265 e. The van der Waals surface area contributed by atoms with Gasteiger partial charge in [0.25, 0.3) is 10.0 Å². The van der Waals surface area contributed by atoms with E-state index in [0.29, 0.717) is 9.99 Å². The molecule has 0 bridgehead atoms. The van der Waals surface area contributed by atoms with Crippen molar-refractivity contribution in [1.29, 1.82) is 0 Å². The van der Waals surface area contributed by atoms with Crippen LogP contribution in [0.1, 0.15) is 6.92 Å². The predicted molar refractivity (Wildman–Crippen MR) is 108 cm³/mol. The minimum atomic E-state index is -4.11. The molecular weight excluding hydrogens is 472 g/mol. The number of benzene rings is 2. The molecule has 1 saturated heterocycles. The van der Waals surface area contributed by atoms with Crippen LogP contribution in [-0.2, 0) is 24.8 Å². The Hall–Kier alpha value is -2.11. The number of anilines is 2. The van der Waals surface area contributed by atoms with Gasteiger partial charge < -0.3 is 4.74 Å². The molecule has 0 spiro atoms. The number of hydrogen-bond donors (Lipinski definition) is 1. The molecule has 1 fully saturated rings. The lowest BCUT2D eigenvalue weighted by atomic mass is 10.2. The SMILES string of the molecule is COc1ccc(N2C(=O)C(C)CS2(=O)=O)cc1S(=O)(=O)Nc1ccc(Br)cc1. The maximum absolute atomic E-state index is 12.9. The van der Waals surface area contributed by atoms with Crippen molar-refractivity contribution in [3.8, 4) is 5.75 Å². The molecule has 0 aliphatic carbocycles. The van der Waals surface area contributed by atoms with E-state index in [2.05, 4.69) is 20.7 Å². The molecule has 2 aromatic rings. The lowest BCUT2D eigenvalue weighted by Crippen LogP contribution is -2.30. The molecule has 1 heterocycles. The van der Waals surface area contributed by atoms with Crippen molar-refractivity contribution in [3.05, 3.63) is 46.9 Å². The molecule has 11 heteroatoms. The zero-order chi connectivity index (χ0) is 20.7. The van der Waals surface area contributed by atoms with Crippen LogP contribution in [0.2, 0.25) is 0 Å². The topological polar surface area (TPSA) is 110 Å². The normalized spacial score (nSPS) is 18.9. The summed E-state index contributed by atoms with van der Waals surface area (Å²) >= 11 is 3.27. The van der Waals surface area contributed by atoms with Gasteiger partial charge in [0.05, 0.1) is 24.5 Å². The number of methoxy groups -OCH3 is 1. The Bertz CT molecular complexity index is 1130. The fraction of sp³-hybridized carbons (Fsp3) is 0.235. The van der Waals surface area contributed by atoms with Crippen LogP contribution in [0, 0.1) is 5.92 Å². The van der Waals surface area contributed by atoms with Gasteiger partial charge in [-0.15, -0.1) is 0 Å². The molecule has 0 aromatic heterocycles. The molecule has 1 unspecified atom stereocenters. The number of ether oxygens (including phenoxy) is 1. The minimum Gasteiger partial charge on any atom is -0.495 e. The van der Waals surface area contributed by atoms with Gasteiger partial charge in [-0.2, -0.15) is 0 Å². The number of halogens is 1. The number of nitrogens with zero attached hydrogens (tertiary/aromatic N) is 1. The van der Waals surface area contributed by atoms with Crippen LogP contribution in [-0.4, -0.2) is 35.6 Å². The average Bonchev–Trinajstić information content (AvgIpc) is 2.83. The van der Waals surface area contributed by atoms with E-state index in [-0.39, 0.29) is 22.1 Å². The van der Waals surface area contributed by atoms with E-state index < -0.39 is 31.9 Å². The molecule has 1 atom stereocenters. The van der Waals surface area contributed by atoms with E-state index >= 15 is 0 Å². The van der Waals surface area contributed by atoms with Crippen molar-refractivity contribution < 1.29 is 26.4 Å². The quantitative estimate of drug-likeness (QED) is 0.692. The van der Waals surface area contributed by atoms with Crippen LogP contribution in [0.15, 0.2) is 51.8 Å². The molecule has 8 nitrogen and oxygen atoms in total. The molecule has 2 aromatic carbocycles. The van der Waals surface area contributed by atoms with Crippen LogP contribution in [0.5, 0.6) is 5.75 Å². The molecule has 28 heavy (non-hydrogen) atoms. The van der Waals surface area contributed by atoms with Gasteiger partial charge in [0, 0.05) is 10.2 Å². The van der Waals surface area contributed by atoms with Crippen LogP contribution in [0.4, 0.5) is 11.4 Å². The van der Waals surface area contributed by atoms with E-state index in [1.54, 1.807) is 24.3 Å². The third kappa shape index (κ3) is 3.87. The van der Waals surface area contributed by atoms with Crippen LogP contribution in [0.25, 0.3) is 0 Å². The largest absolute Gasteiger partial charge is 0.495 e. The summed E-state index contributed by atoms with van der Waals surface area (Å²) in [6.07, 6.45) is 0. The maximum atomic E-state index is 12.9. The van der Waals surface area contributed by atoms with Gasteiger partial charge in [-0.1, -0.05) is 22.9 Å². The third-order valence-electron chi connectivity index (χ3n) is 4.13. The number of amides is 1. The summed E-state index contributed by atoms with van der Waals surface area (Å²) in [7, 11) is -6.67. The summed E-state index contributed by atoms with van der Waals surface area (Å²) in [5.41, 5.74) is 0.264. The maximum Gasteiger partial charge on any atom is 0.265 e. The molecule has 150 valence electrons. The van der Waals surface area contributed by atoms with Gasteiger partial charge in [-0.05, 0) is 42.5 Å². The van der Waals surface area contributed by atoms with E-state index in [1.807, 2.05) is 0 Å². The third-order valence-corrected chi connectivity index (χ3v) is 7.93. The van der Waals surface area contributed by atoms with Gasteiger partial charge in [0.1, 0.15) is 10.6 Å². The first kappa shape index (κ1) is 20.6. The lowest BCUT2D eigenvalue weighted by molar-refractivity contribution is -0.119. The summed E-state index contributed by atoms with van der Waals surface area (Å²) in [5.74, 6) is -1.61. The summed E-state index contributed by atoms with van der Waals surface area (Å²) in [6, 6.07) is 10.2. The molecule has 1 aliphatic rings. The summed E-state index contributed by atoms with van der Waals surface area (Å²) < 4.78 is 59.4. The first-order chi connectivity index (χ1) is 13.0. The summed E-state index contributed by atoms with van der Waals surface area (Å²) in [4.78, 5) is 12.0. The van der Waals surface area contributed by atoms with E-state index in [0.717, 1.165) is 10.5 Å². The van der Waals surface area contributed by atoms with Crippen LogP contribution >= 0.6 is 15.9 Å². The summed E-state index contributed by atoms with van der Waals surface area (Å²) in [6.45, 7) is 1.51. The molecule has 1 N–H and O–H groups in total. The van der Waals surface area contributed by atoms with Crippen molar-refractivity contribution in [1.82, 2.24) is 0 Å². The highest BCUT2D eigenvalue weighted by Crippen LogP contribution is 2.34. The Kier molecular flexibility index (Phi) is 5.43. The number of sulfonamides is 2. The minimum absolute atomic E-state index is 0.0189. The second-order valence-electron chi connectivity index (χ2n) is 6.23. The molecule has 0 radical (unpaired) electrons. The molecule has 1 amide bonds. The Morgan fingerprint density at radius 1 is 1.18 bits per heavy atom. The fourth-order valence-corrected chi connectivity index (χ4v) is 6.14. The zero-order valence-corrected chi connectivity index (χ0v) is 18.1. The Labute approximate surface area is 171 Å². The van der Waals surface area contributed by atoms with Crippen molar-refractivity contribution in [3.63, 3.8) is 0 Å². The van der Waals surface area contributed by atoms with Gasteiger partial charge in [-0.3, -0.25) is 9.52 Å². The van der Waals surface area contributed by atoms with Crippen LogP contribution in [0.3, 0.4) is 0 Å². The Balaban J connectivity index is 2.06. The number of rotatable bonds is 5. The van der Waals surface area contributed by atoms with Crippen LogP contribution < -0.4 is 13.8 Å². The Morgan fingerprint density at radius 2 is 1.82 bits per heavy atom. The number of hydrogen-bond acceptors (Lipinski definition) is 6. The fourth-order valence-electron chi connectivity index (χ4n) is 2.82. The van der Waals surface area contributed by atoms with Crippen molar-refractivity contribution in [2.75, 3.05) is 21.9 Å².